The minimum atomic E-state index is 0.378. The second kappa shape index (κ2) is 5.87. The van der Waals surface area contributed by atoms with Gasteiger partial charge in [-0.1, -0.05) is 23.2 Å². The average Bonchev–Trinajstić information content (AvgIpc) is 2.27. The van der Waals surface area contributed by atoms with E-state index in [0.717, 1.165) is 21.3 Å². The highest BCUT2D eigenvalue weighted by Crippen LogP contribution is 2.26. The summed E-state index contributed by atoms with van der Waals surface area (Å²) in [6, 6.07) is 3.77. The molecule has 2 aromatic rings. The Kier molecular flexibility index (Phi) is 4.43. The first-order chi connectivity index (χ1) is 8.56. The van der Waals surface area contributed by atoms with E-state index < -0.39 is 0 Å². The predicted molar refractivity (Wildman–Crippen MR) is 78.3 cm³/mol. The van der Waals surface area contributed by atoms with Crippen molar-refractivity contribution in [3.63, 3.8) is 0 Å². The highest BCUT2D eigenvalue weighted by Gasteiger charge is 2.07. The summed E-state index contributed by atoms with van der Waals surface area (Å²) < 4.78 is 0.943. The van der Waals surface area contributed by atoms with Crippen molar-refractivity contribution in [3.05, 3.63) is 50.4 Å². The van der Waals surface area contributed by atoms with Gasteiger partial charge < -0.3 is 5.32 Å². The van der Waals surface area contributed by atoms with Crippen molar-refractivity contribution >= 4 is 44.8 Å². The summed E-state index contributed by atoms with van der Waals surface area (Å²) >= 11 is 15.3. The second-order valence-corrected chi connectivity index (χ2v) is 5.45. The molecule has 0 aliphatic carbocycles. The Balaban J connectivity index is 2.16. The van der Waals surface area contributed by atoms with Crippen LogP contribution in [0, 0.1) is 6.92 Å². The van der Waals surface area contributed by atoms with E-state index in [4.69, 9.17) is 23.2 Å². The summed E-state index contributed by atoms with van der Waals surface area (Å²) in [6.07, 6.45) is 3.54. The van der Waals surface area contributed by atoms with Crippen LogP contribution < -0.4 is 5.32 Å². The zero-order valence-corrected chi connectivity index (χ0v) is 12.6. The molecule has 2 aromatic heterocycles. The van der Waals surface area contributed by atoms with Crippen LogP contribution >= 0.6 is 39.1 Å². The van der Waals surface area contributed by atoms with Crippen LogP contribution in [-0.4, -0.2) is 9.97 Å². The average molecular weight is 347 g/mol. The van der Waals surface area contributed by atoms with Crippen molar-refractivity contribution in [2.24, 2.45) is 0 Å². The van der Waals surface area contributed by atoms with Crippen LogP contribution in [0.15, 0.2) is 29.0 Å². The topological polar surface area (TPSA) is 37.8 Å². The molecule has 6 heteroatoms. The quantitative estimate of drug-likeness (QED) is 0.833. The highest BCUT2D eigenvalue weighted by atomic mass is 79.9. The van der Waals surface area contributed by atoms with E-state index in [1.54, 1.807) is 18.5 Å². The Labute approximate surface area is 124 Å². The number of hydrogen-bond donors (Lipinski definition) is 1. The number of anilines is 1. The maximum atomic E-state index is 6.05. The molecule has 0 saturated carbocycles. The molecule has 0 amide bonds. The lowest BCUT2D eigenvalue weighted by Crippen LogP contribution is -2.03. The van der Waals surface area contributed by atoms with Crippen LogP contribution in [0.25, 0.3) is 0 Å². The Bertz CT molecular complexity index is 552. The first-order valence-corrected chi connectivity index (χ1v) is 6.77. The summed E-state index contributed by atoms with van der Waals surface area (Å²) in [5.41, 5.74) is 2.80. The molecule has 2 rings (SSSR count). The smallest absolute Gasteiger partial charge is 0.154 e. The van der Waals surface area contributed by atoms with Crippen molar-refractivity contribution in [2.45, 2.75) is 13.5 Å². The first kappa shape index (κ1) is 13.6. The molecule has 0 bridgehead atoms. The molecule has 0 atom stereocenters. The zero-order valence-electron chi connectivity index (χ0n) is 9.54. The third-order valence-corrected chi connectivity index (χ3v) is 3.27. The summed E-state index contributed by atoms with van der Waals surface area (Å²) in [6.45, 7) is 2.55. The maximum Gasteiger partial charge on any atom is 0.154 e. The lowest BCUT2D eigenvalue weighted by atomic mass is 10.2. The van der Waals surface area contributed by atoms with Gasteiger partial charge in [0.1, 0.15) is 5.15 Å². The van der Waals surface area contributed by atoms with Crippen LogP contribution in [0.4, 0.5) is 5.69 Å². The first-order valence-electron chi connectivity index (χ1n) is 5.22. The molecular formula is C12H10BrCl2N3. The summed E-state index contributed by atoms with van der Waals surface area (Å²) in [5, 5.41) is 4.01. The van der Waals surface area contributed by atoms with Gasteiger partial charge in [0.15, 0.2) is 5.15 Å². The number of rotatable bonds is 3. The molecule has 1 N–H and O–H groups in total. The van der Waals surface area contributed by atoms with Crippen molar-refractivity contribution in [3.8, 4) is 0 Å². The van der Waals surface area contributed by atoms with E-state index in [-0.39, 0.29) is 0 Å². The van der Waals surface area contributed by atoms with Gasteiger partial charge in [-0.2, -0.15) is 0 Å². The van der Waals surface area contributed by atoms with Crippen LogP contribution in [0.3, 0.4) is 0 Å². The number of aromatic nitrogens is 2. The zero-order chi connectivity index (χ0) is 13.1. The fourth-order valence-corrected chi connectivity index (χ4v) is 2.56. The van der Waals surface area contributed by atoms with Crippen LogP contribution in [0.5, 0.6) is 0 Å². The van der Waals surface area contributed by atoms with Crippen LogP contribution in [-0.2, 0) is 6.54 Å². The standard InChI is InChI=1S/C12H10BrCl2N3/c1-7-2-10(14)18-12(15)11(7)17-5-8-3-9(13)6-16-4-8/h2-4,6,17H,5H2,1H3. The minimum Gasteiger partial charge on any atom is -0.378 e. The van der Waals surface area contributed by atoms with E-state index in [0.29, 0.717) is 16.9 Å². The molecule has 0 spiro atoms. The molecular weight excluding hydrogens is 337 g/mol. The van der Waals surface area contributed by atoms with Crippen molar-refractivity contribution in [1.29, 1.82) is 0 Å². The highest BCUT2D eigenvalue weighted by molar-refractivity contribution is 9.10. The van der Waals surface area contributed by atoms with E-state index >= 15 is 0 Å². The van der Waals surface area contributed by atoms with Gasteiger partial charge >= 0.3 is 0 Å². The van der Waals surface area contributed by atoms with E-state index in [1.807, 2.05) is 13.0 Å². The van der Waals surface area contributed by atoms with Crippen molar-refractivity contribution in [1.82, 2.24) is 9.97 Å². The van der Waals surface area contributed by atoms with Gasteiger partial charge in [0, 0.05) is 23.4 Å². The SMILES string of the molecule is Cc1cc(Cl)nc(Cl)c1NCc1cncc(Br)c1. The Hall–Kier alpha value is -0.840. The van der Waals surface area contributed by atoms with Crippen molar-refractivity contribution in [2.75, 3.05) is 5.32 Å². The number of halogens is 3. The molecule has 0 unspecified atom stereocenters. The maximum absolute atomic E-state index is 6.05. The normalized spacial score (nSPS) is 10.4. The van der Waals surface area contributed by atoms with Gasteiger partial charge in [-0.25, -0.2) is 4.98 Å². The van der Waals surface area contributed by atoms with Gasteiger partial charge in [-0.3, -0.25) is 4.98 Å². The Morgan fingerprint density at radius 3 is 2.72 bits per heavy atom. The molecule has 0 aliphatic rings. The molecule has 0 saturated heterocycles. The van der Waals surface area contributed by atoms with E-state index in [2.05, 4.69) is 31.2 Å². The van der Waals surface area contributed by atoms with Gasteiger partial charge in [-0.15, -0.1) is 0 Å². The number of hydrogen-bond acceptors (Lipinski definition) is 3. The summed E-state index contributed by atoms with van der Waals surface area (Å²) in [5.74, 6) is 0. The molecule has 0 aliphatic heterocycles. The molecule has 18 heavy (non-hydrogen) atoms. The predicted octanol–water partition coefficient (Wildman–Crippen LogP) is 4.47. The number of nitrogens with one attached hydrogen (secondary N) is 1. The lowest BCUT2D eigenvalue weighted by Gasteiger charge is -2.11. The second-order valence-electron chi connectivity index (χ2n) is 3.79. The number of nitrogens with zero attached hydrogens (tertiary/aromatic N) is 2. The number of aryl methyl sites for hydroxylation is 1. The molecule has 2 heterocycles. The summed E-state index contributed by atoms with van der Waals surface area (Å²) in [4.78, 5) is 8.11. The van der Waals surface area contributed by atoms with E-state index in [1.165, 1.54) is 0 Å². The lowest BCUT2D eigenvalue weighted by molar-refractivity contribution is 1.09. The monoisotopic (exact) mass is 345 g/mol. The van der Waals surface area contributed by atoms with Gasteiger partial charge in [-0.05, 0) is 46.1 Å². The van der Waals surface area contributed by atoms with E-state index in [9.17, 15) is 0 Å². The third-order valence-electron chi connectivity index (χ3n) is 2.37. The minimum absolute atomic E-state index is 0.378. The van der Waals surface area contributed by atoms with Crippen LogP contribution in [0.1, 0.15) is 11.1 Å². The molecule has 0 fully saturated rings. The molecule has 94 valence electrons. The molecule has 3 nitrogen and oxygen atoms in total. The fourth-order valence-electron chi connectivity index (χ4n) is 1.55. The molecule has 0 radical (unpaired) electrons. The van der Waals surface area contributed by atoms with Gasteiger partial charge in [0.25, 0.3) is 0 Å². The van der Waals surface area contributed by atoms with Gasteiger partial charge in [0.2, 0.25) is 0 Å². The molecule has 0 aromatic carbocycles. The Morgan fingerprint density at radius 1 is 1.28 bits per heavy atom. The third kappa shape index (κ3) is 3.34. The van der Waals surface area contributed by atoms with Crippen LogP contribution in [0.2, 0.25) is 10.3 Å². The van der Waals surface area contributed by atoms with Gasteiger partial charge in [0.05, 0.1) is 5.69 Å². The Morgan fingerprint density at radius 2 is 2.06 bits per heavy atom. The van der Waals surface area contributed by atoms with Crippen molar-refractivity contribution < 1.29 is 0 Å². The fraction of sp³-hybridized carbons (Fsp3) is 0.167. The summed E-state index contributed by atoms with van der Waals surface area (Å²) in [7, 11) is 0. The number of pyridine rings is 2. The largest absolute Gasteiger partial charge is 0.378 e.